The lowest BCUT2D eigenvalue weighted by atomic mass is 9.95. The van der Waals surface area contributed by atoms with E-state index in [0.717, 1.165) is 0 Å². The van der Waals surface area contributed by atoms with E-state index in [4.69, 9.17) is 9.47 Å². The first-order valence-corrected chi connectivity index (χ1v) is 10.5. The van der Waals surface area contributed by atoms with Gasteiger partial charge in [0, 0.05) is 18.7 Å². The fourth-order valence-corrected chi connectivity index (χ4v) is 3.63. The standard InChI is InChI=1S/C25H27NO6/c1-3-16-32-20-10-6-17(7-11-20)22-21(24(29)25(30)26(22)14-5-15-27)23(28)18-8-12-19(13-9-18)31-4-2/h3,6-13,22,27-28H,1,4-5,14-16H2,2H3/b23-21+. The average molecular weight is 437 g/mol. The maximum absolute atomic E-state index is 12.9. The number of carbonyl (C=O) groups is 2. The molecule has 1 heterocycles. The van der Waals surface area contributed by atoms with Crippen molar-refractivity contribution in [2.75, 3.05) is 26.4 Å². The van der Waals surface area contributed by atoms with Crippen molar-refractivity contribution in [2.24, 2.45) is 0 Å². The maximum atomic E-state index is 12.9. The van der Waals surface area contributed by atoms with Crippen LogP contribution in [0, 0.1) is 0 Å². The highest BCUT2D eigenvalue weighted by Gasteiger charge is 2.45. The molecule has 1 aliphatic rings. The average Bonchev–Trinajstić information content (AvgIpc) is 3.06. The molecule has 0 radical (unpaired) electrons. The molecule has 0 spiro atoms. The molecule has 0 bridgehead atoms. The smallest absolute Gasteiger partial charge is 0.295 e. The third-order valence-corrected chi connectivity index (χ3v) is 5.10. The number of rotatable bonds is 10. The summed E-state index contributed by atoms with van der Waals surface area (Å²) in [5.74, 6) is -0.462. The summed E-state index contributed by atoms with van der Waals surface area (Å²) in [7, 11) is 0. The summed E-state index contributed by atoms with van der Waals surface area (Å²) in [6, 6.07) is 12.9. The quantitative estimate of drug-likeness (QED) is 0.256. The van der Waals surface area contributed by atoms with Gasteiger partial charge in [0.15, 0.2) is 0 Å². The van der Waals surface area contributed by atoms with Crippen LogP contribution in [0.25, 0.3) is 5.76 Å². The van der Waals surface area contributed by atoms with Gasteiger partial charge in [0.1, 0.15) is 23.9 Å². The summed E-state index contributed by atoms with van der Waals surface area (Å²) in [5, 5.41) is 20.3. The highest BCUT2D eigenvalue weighted by Crippen LogP contribution is 2.40. The number of aliphatic hydroxyl groups is 2. The third-order valence-electron chi connectivity index (χ3n) is 5.10. The highest BCUT2D eigenvalue weighted by molar-refractivity contribution is 6.46. The number of ether oxygens (including phenoxy) is 2. The van der Waals surface area contributed by atoms with Crippen molar-refractivity contribution in [3.63, 3.8) is 0 Å². The van der Waals surface area contributed by atoms with E-state index in [1.54, 1.807) is 54.6 Å². The third kappa shape index (κ3) is 4.84. The lowest BCUT2D eigenvalue weighted by molar-refractivity contribution is -0.140. The van der Waals surface area contributed by atoms with Crippen molar-refractivity contribution in [1.29, 1.82) is 0 Å². The first-order chi connectivity index (χ1) is 15.5. The topological polar surface area (TPSA) is 96.3 Å². The molecule has 1 aliphatic heterocycles. The molecule has 2 N–H and O–H groups in total. The van der Waals surface area contributed by atoms with E-state index in [0.29, 0.717) is 42.3 Å². The number of amides is 1. The number of likely N-dealkylation sites (tertiary alicyclic amines) is 1. The predicted octanol–water partition coefficient (Wildman–Crippen LogP) is 3.45. The molecule has 1 fully saturated rings. The van der Waals surface area contributed by atoms with E-state index in [1.807, 2.05) is 6.92 Å². The summed E-state index contributed by atoms with van der Waals surface area (Å²) in [5.41, 5.74) is 1.07. The van der Waals surface area contributed by atoms with Crippen LogP contribution in [0.3, 0.4) is 0 Å². The maximum Gasteiger partial charge on any atom is 0.295 e. The minimum Gasteiger partial charge on any atom is -0.507 e. The highest BCUT2D eigenvalue weighted by atomic mass is 16.5. The molecule has 3 rings (SSSR count). The van der Waals surface area contributed by atoms with Crippen LogP contribution in [0.5, 0.6) is 11.5 Å². The molecule has 7 heteroatoms. The Kier molecular flexibility index (Phi) is 7.68. The van der Waals surface area contributed by atoms with Crippen molar-refractivity contribution in [3.05, 3.63) is 77.9 Å². The summed E-state index contributed by atoms with van der Waals surface area (Å²) < 4.78 is 10.9. The fourth-order valence-electron chi connectivity index (χ4n) is 3.63. The predicted molar refractivity (Wildman–Crippen MR) is 120 cm³/mol. The number of aliphatic hydroxyl groups excluding tert-OH is 2. The Morgan fingerprint density at radius 2 is 1.69 bits per heavy atom. The van der Waals surface area contributed by atoms with Crippen LogP contribution in [-0.2, 0) is 9.59 Å². The molecule has 1 saturated heterocycles. The number of carbonyl (C=O) groups excluding carboxylic acids is 2. The van der Waals surface area contributed by atoms with E-state index in [-0.39, 0.29) is 24.5 Å². The Balaban J connectivity index is 2.04. The van der Waals surface area contributed by atoms with Gasteiger partial charge in [-0.3, -0.25) is 9.59 Å². The van der Waals surface area contributed by atoms with Crippen LogP contribution in [0.4, 0.5) is 0 Å². The van der Waals surface area contributed by atoms with Gasteiger partial charge < -0.3 is 24.6 Å². The molecular formula is C25H27NO6. The first kappa shape index (κ1) is 23.1. The van der Waals surface area contributed by atoms with Gasteiger partial charge in [0.2, 0.25) is 0 Å². The number of nitrogens with zero attached hydrogens (tertiary/aromatic N) is 1. The van der Waals surface area contributed by atoms with E-state index in [9.17, 15) is 19.8 Å². The number of Topliss-reactive ketones (excluding diaryl/α,β-unsaturated/α-hetero) is 1. The lowest BCUT2D eigenvalue weighted by Crippen LogP contribution is -2.31. The normalized spacial score (nSPS) is 17.4. The molecule has 0 aliphatic carbocycles. The van der Waals surface area contributed by atoms with Gasteiger partial charge in [0.25, 0.3) is 11.7 Å². The van der Waals surface area contributed by atoms with Crippen molar-refractivity contribution in [2.45, 2.75) is 19.4 Å². The van der Waals surface area contributed by atoms with Crippen molar-refractivity contribution in [1.82, 2.24) is 4.90 Å². The van der Waals surface area contributed by atoms with Gasteiger partial charge in [0.05, 0.1) is 18.2 Å². The molecule has 0 saturated carbocycles. The van der Waals surface area contributed by atoms with E-state index >= 15 is 0 Å². The Morgan fingerprint density at radius 3 is 2.28 bits per heavy atom. The second-order valence-electron chi connectivity index (χ2n) is 7.20. The van der Waals surface area contributed by atoms with Crippen molar-refractivity contribution >= 4 is 17.4 Å². The molecule has 0 aromatic heterocycles. The summed E-state index contributed by atoms with van der Waals surface area (Å²) in [6.45, 7) is 6.41. The van der Waals surface area contributed by atoms with E-state index in [2.05, 4.69) is 6.58 Å². The Labute approximate surface area is 187 Å². The van der Waals surface area contributed by atoms with Gasteiger partial charge in [-0.25, -0.2) is 0 Å². The molecular weight excluding hydrogens is 410 g/mol. The molecule has 168 valence electrons. The largest absolute Gasteiger partial charge is 0.507 e. The Morgan fingerprint density at radius 1 is 1.06 bits per heavy atom. The zero-order valence-corrected chi connectivity index (χ0v) is 18.0. The van der Waals surface area contributed by atoms with Crippen LogP contribution in [0.15, 0.2) is 66.8 Å². The Hall–Kier alpha value is -3.58. The minimum absolute atomic E-state index is 0.0110. The number of benzene rings is 2. The van der Waals surface area contributed by atoms with Gasteiger partial charge in [-0.1, -0.05) is 24.8 Å². The van der Waals surface area contributed by atoms with E-state index < -0.39 is 17.7 Å². The monoisotopic (exact) mass is 437 g/mol. The van der Waals surface area contributed by atoms with Crippen LogP contribution < -0.4 is 9.47 Å². The molecule has 1 amide bonds. The van der Waals surface area contributed by atoms with Crippen molar-refractivity contribution < 1.29 is 29.3 Å². The molecule has 32 heavy (non-hydrogen) atoms. The SMILES string of the molecule is C=CCOc1ccc(C2/C(=C(\O)c3ccc(OCC)cc3)C(=O)C(=O)N2CCCO)cc1. The molecule has 2 aromatic carbocycles. The zero-order valence-electron chi connectivity index (χ0n) is 18.0. The fraction of sp³-hybridized carbons (Fsp3) is 0.280. The molecule has 1 atom stereocenters. The number of hydrogen-bond donors (Lipinski definition) is 2. The van der Waals surface area contributed by atoms with Crippen molar-refractivity contribution in [3.8, 4) is 11.5 Å². The number of ketones is 1. The van der Waals surface area contributed by atoms with Crippen LogP contribution in [-0.4, -0.2) is 53.2 Å². The van der Waals surface area contributed by atoms with E-state index in [1.165, 1.54) is 4.90 Å². The van der Waals surface area contributed by atoms with Gasteiger partial charge in [-0.05, 0) is 55.3 Å². The van der Waals surface area contributed by atoms with Gasteiger partial charge in [-0.15, -0.1) is 0 Å². The molecule has 1 unspecified atom stereocenters. The first-order valence-electron chi connectivity index (χ1n) is 10.5. The summed E-state index contributed by atoms with van der Waals surface area (Å²) in [6.07, 6.45) is 1.95. The molecule has 7 nitrogen and oxygen atoms in total. The summed E-state index contributed by atoms with van der Waals surface area (Å²) >= 11 is 0. The minimum atomic E-state index is -0.776. The van der Waals surface area contributed by atoms with Crippen LogP contribution >= 0.6 is 0 Å². The number of hydrogen-bond acceptors (Lipinski definition) is 6. The van der Waals surface area contributed by atoms with Crippen LogP contribution in [0.2, 0.25) is 0 Å². The summed E-state index contributed by atoms with van der Waals surface area (Å²) in [4.78, 5) is 27.1. The Bertz CT molecular complexity index is 994. The zero-order chi connectivity index (χ0) is 23.1. The van der Waals surface area contributed by atoms with Gasteiger partial charge in [-0.2, -0.15) is 0 Å². The lowest BCUT2D eigenvalue weighted by Gasteiger charge is -2.25. The molecule has 2 aromatic rings. The van der Waals surface area contributed by atoms with Gasteiger partial charge >= 0.3 is 0 Å². The second kappa shape index (κ2) is 10.6. The van der Waals surface area contributed by atoms with Crippen LogP contribution in [0.1, 0.15) is 30.5 Å². The second-order valence-corrected chi connectivity index (χ2v) is 7.20.